The summed E-state index contributed by atoms with van der Waals surface area (Å²) >= 11 is 0. The van der Waals surface area contributed by atoms with E-state index in [1.165, 1.54) is 24.4 Å². The van der Waals surface area contributed by atoms with E-state index < -0.39 is 17.3 Å². The second-order valence-corrected chi connectivity index (χ2v) is 3.50. The van der Waals surface area contributed by atoms with Gasteiger partial charge in [-0.2, -0.15) is 0 Å². The Bertz CT molecular complexity index is 630. The Morgan fingerprint density at radius 1 is 1.44 bits per heavy atom. The lowest BCUT2D eigenvalue weighted by molar-refractivity contribution is 0.0525. The molecule has 0 radical (unpaired) electrons. The second-order valence-electron chi connectivity index (χ2n) is 3.50. The maximum atomic E-state index is 13.5. The Kier molecular flexibility index (Phi) is 3.27. The number of nitrogens with one attached hydrogen (secondary N) is 1. The maximum Gasteiger partial charge on any atom is 0.345 e. The topological polar surface area (TPSA) is 64.1 Å². The molecular weight excluding hydrogens is 239 g/mol. The highest BCUT2D eigenvalue weighted by molar-refractivity contribution is 5.88. The SMILES string of the molecule is CCOC(=O)c1c[nH]n(-c2ccccc2F)c1=O. The average Bonchev–Trinajstić information content (AvgIpc) is 2.72. The van der Waals surface area contributed by atoms with E-state index in [-0.39, 0.29) is 17.9 Å². The van der Waals surface area contributed by atoms with Gasteiger partial charge in [-0.3, -0.25) is 9.89 Å². The average molecular weight is 250 g/mol. The summed E-state index contributed by atoms with van der Waals surface area (Å²) in [5, 5.41) is 2.53. The number of ether oxygens (including phenoxy) is 1. The van der Waals surface area contributed by atoms with Gasteiger partial charge in [0.2, 0.25) is 0 Å². The first-order valence-electron chi connectivity index (χ1n) is 5.37. The molecule has 1 aromatic carbocycles. The maximum absolute atomic E-state index is 13.5. The van der Waals surface area contributed by atoms with Crippen molar-refractivity contribution in [3.8, 4) is 5.69 Å². The number of rotatable bonds is 3. The van der Waals surface area contributed by atoms with E-state index in [4.69, 9.17) is 4.74 Å². The molecule has 1 N–H and O–H groups in total. The normalized spacial score (nSPS) is 10.3. The number of para-hydroxylation sites is 1. The van der Waals surface area contributed by atoms with Crippen LogP contribution >= 0.6 is 0 Å². The summed E-state index contributed by atoms with van der Waals surface area (Å²) in [6.45, 7) is 1.81. The van der Waals surface area contributed by atoms with Gasteiger partial charge in [0.15, 0.2) is 0 Å². The van der Waals surface area contributed by atoms with Crippen molar-refractivity contribution in [3.05, 3.63) is 52.2 Å². The molecule has 0 amide bonds. The van der Waals surface area contributed by atoms with Crippen LogP contribution in [0.4, 0.5) is 4.39 Å². The summed E-state index contributed by atoms with van der Waals surface area (Å²) < 4.78 is 19.2. The molecule has 0 saturated carbocycles. The summed E-state index contributed by atoms with van der Waals surface area (Å²) in [6.07, 6.45) is 1.20. The van der Waals surface area contributed by atoms with Crippen LogP contribution < -0.4 is 5.56 Å². The van der Waals surface area contributed by atoms with Crippen molar-refractivity contribution < 1.29 is 13.9 Å². The molecule has 0 aliphatic rings. The number of nitrogens with zero attached hydrogens (tertiary/aromatic N) is 1. The fourth-order valence-electron chi connectivity index (χ4n) is 1.54. The molecule has 6 heteroatoms. The standard InChI is InChI=1S/C12H11FN2O3/c1-2-18-12(17)8-7-14-15(11(8)16)10-6-4-3-5-9(10)13/h3-7,14H,2H2,1H3. The third kappa shape index (κ3) is 2.04. The highest BCUT2D eigenvalue weighted by atomic mass is 19.1. The van der Waals surface area contributed by atoms with E-state index in [0.717, 1.165) is 4.68 Å². The lowest BCUT2D eigenvalue weighted by Gasteiger charge is -2.01. The van der Waals surface area contributed by atoms with Crippen molar-refractivity contribution in [2.45, 2.75) is 6.92 Å². The lowest BCUT2D eigenvalue weighted by Crippen LogP contribution is -2.22. The van der Waals surface area contributed by atoms with Gasteiger partial charge in [0.05, 0.1) is 6.61 Å². The zero-order valence-electron chi connectivity index (χ0n) is 9.64. The molecule has 0 saturated heterocycles. The zero-order valence-corrected chi connectivity index (χ0v) is 9.64. The number of carbonyl (C=O) groups is 1. The van der Waals surface area contributed by atoms with Gasteiger partial charge < -0.3 is 4.74 Å². The fourth-order valence-corrected chi connectivity index (χ4v) is 1.54. The largest absolute Gasteiger partial charge is 0.462 e. The van der Waals surface area contributed by atoms with Gasteiger partial charge in [-0.05, 0) is 19.1 Å². The van der Waals surface area contributed by atoms with Gasteiger partial charge in [-0.15, -0.1) is 0 Å². The number of benzene rings is 1. The van der Waals surface area contributed by atoms with Crippen molar-refractivity contribution in [1.82, 2.24) is 9.78 Å². The van der Waals surface area contributed by atoms with Gasteiger partial charge in [-0.1, -0.05) is 12.1 Å². The first-order valence-corrected chi connectivity index (χ1v) is 5.37. The molecule has 0 bridgehead atoms. The number of aromatic amines is 1. The number of hydrogen-bond acceptors (Lipinski definition) is 3. The van der Waals surface area contributed by atoms with Crippen LogP contribution in [0.3, 0.4) is 0 Å². The Labute approximate surface area is 102 Å². The van der Waals surface area contributed by atoms with Gasteiger partial charge in [0.1, 0.15) is 17.1 Å². The van der Waals surface area contributed by atoms with Crippen LogP contribution in [0, 0.1) is 5.82 Å². The Balaban J connectivity index is 2.47. The van der Waals surface area contributed by atoms with Crippen LogP contribution in [-0.4, -0.2) is 22.4 Å². The van der Waals surface area contributed by atoms with Crippen LogP contribution in [0.1, 0.15) is 17.3 Å². The van der Waals surface area contributed by atoms with Crippen molar-refractivity contribution in [3.63, 3.8) is 0 Å². The van der Waals surface area contributed by atoms with Gasteiger partial charge in [0, 0.05) is 6.20 Å². The fraction of sp³-hybridized carbons (Fsp3) is 0.167. The number of carbonyl (C=O) groups excluding carboxylic acids is 1. The lowest BCUT2D eigenvalue weighted by atomic mass is 10.3. The molecule has 1 aromatic heterocycles. The minimum atomic E-state index is -0.728. The van der Waals surface area contributed by atoms with E-state index in [9.17, 15) is 14.0 Å². The summed E-state index contributed by atoms with van der Waals surface area (Å²) in [6, 6.07) is 5.77. The quantitative estimate of drug-likeness (QED) is 0.839. The van der Waals surface area contributed by atoms with E-state index in [0.29, 0.717) is 0 Å². The smallest absolute Gasteiger partial charge is 0.345 e. The van der Waals surface area contributed by atoms with Crippen LogP contribution in [0.2, 0.25) is 0 Å². The predicted octanol–water partition coefficient (Wildman–Crippen LogP) is 1.48. The molecule has 94 valence electrons. The van der Waals surface area contributed by atoms with Crippen molar-refractivity contribution in [2.75, 3.05) is 6.61 Å². The van der Waals surface area contributed by atoms with Gasteiger partial charge in [-0.25, -0.2) is 13.9 Å². The van der Waals surface area contributed by atoms with Crippen molar-refractivity contribution in [2.24, 2.45) is 0 Å². The van der Waals surface area contributed by atoms with Crippen LogP contribution in [0.15, 0.2) is 35.3 Å². The highest BCUT2D eigenvalue weighted by Crippen LogP contribution is 2.09. The van der Waals surface area contributed by atoms with Gasteiger partial charge >= 0.3 is 5.97 Å². The number of hydrogen-bond donors (Lipinski definition) is 1. The first-order chi connectivity index (χ1) is 8.65. The molecule has 0 unspecified atom stereocenters. The summed E-state index contributed by atoms with van der Waals surface area (Å²) in [5.74, 6) is -1.29. The second kappa shape index (κ2) is 4.87. The highest BCUT2D eigenvalue weighted by Gasteiger charge is 2.17. The minimum Gasteiger partial charge on any atom is -0.462 e. The molecule has 18 heavy (non-hydrogen) atoms. The van der Waals surface area contributed by atoms with Crippen LogP contribution in [0.5, 0.6) is 0 Å². The molecule has 0 atom stereocenters. The minimum absolute atomic E-state index is 0.0537. The van der Waals surface area contributed by atoms with E-state index in [1.807, 2.05) is 0 Å². The monoisotopic (exact) mass is 250 g/mol. The molecule has 1 heterocycles. The number of aromatic nitrogens is 2. The molecule has 0 aliphatic carbocycles. The van der Waals surface area contributed by atoms with Crippen molar-refractivity contribution >= 4 is 5.97 Å². The zero-order chi connectivity index (χ0) is 13.1. The molecule has 0 fully saturated rings. The Hall–Kier alpha value is -2.37. The summed E-state index contributed by atoms with van der Waals surface area (Å²) in [4.78, 5) is 23.3. The van der Waals surface area contributed by atoms with Crippen molar-refractivity contribution in [1.29, 1.82) is 0 Å². The first kappa shape index (κ1) is 12.1. The Morgan fingerprint density at radius 2 is 2.17 bits per heavy atom. The predicted molar refractivity (Wildman–Crippen MR) is 62.3 cm³/mol. The Morgan fingerprint density at radius 3 is 2.83 bits per heavy atom. The molecule has 2 aromatic rings. The number of H-pyrrole nitrogens is 1. The molecule has 0 spiro atoms. The van der Waals surface area contributed by atoms with Gasteiger partial charge in [0.25, 0.3) is 5.56 Å². The third-order valence-electron chi connectivity index (χ3n) is 2.36. The van der Waals surface area contributed by atoms with E-state index >= 15 is 0 Å². The molecule has 2 rings (SSSR count). The van der Waals surface area contributed by atoms with Crippen LogP contribution in [0.25, 0.3) is 5.69 Å². The van der Waals surface area contributed by atoms with Crippen LogP contribution in [-0.2, 0) is 4.74 Å². The third-order valence-corrected chi connectivity index (χ3v) is 2.36. The van der Waals surface area contributed by atoms with E-state index in [1.54, 1.807) is 13.0 Å². The summed E-state index contributed by atoms with van der Waals surface area (Å²) in [7, 11) is 0. The number of halogens is 1. The number of esters is 1. The molecular formula is C12H11FN2O3. The van der Waals surface area contributed by atoms with E-state index in [2.05, 4.69) is 5.10 Å². The summed E-state index contributed by atoms with van der Waals surface area (Å²) in [5.41, 5.74) is -0.739. The molecule has 0 aliphatic heterocycles. The molecule has 5 nitrogen and oxygen atoms in total.